The maximum Gasteiger partial charge on any atom is 0.341 e. The van der Waals surface area contributed by atoms with Gasteiger partial charge in [-0.2, -0.15) is 0 Å². The lowest BCUT2D eigenvalue weighted by molar-refractivity contribution is -0.129. The maximum absolute atomic E-state index is 12.4. The zero-order valence-electron chi connectivity index (χ0n) is 14.2. The van der Waals surface area contributed by atoms with E-state index >= 15 is 0 Å². The third-order valence-corrected chi connectivity index (χ3v) is 5.28. The number of aryl methyl sites for hydroxylation is 1. The summed E-state index contributed by atoms with van der Waals surface area (Å²) in [4.78, 5) is 42.9. The molecule has 0 fully saturated rings. The molecule has 0 spiro atoms. The van der Waals surface area contributed by atoms with Crippen molar-refractivity contribution in [2.24, 2.45) is 7.05 Å². The Balaban J connectivity index is 1.96. The molecule has 132 valence electrons. The van der Waals surface area contributed by atoms with Crippen molar-refractivity contribution >= 4 is 34.1 Å². The van der Waals surface area contributed by atoms with Crippen LogP contribution in [0.5, 0.6) is 0 Å². The molecule has 1 aliphatic rings. The van der Waals surface area contributed by atoms with Crippen LogP contribution >= 0.6 is 11.3 Å². The second kappa shape index (κ2) is 6.67. The molecule has 8 nitrogen and oxygen atoms in total. The molecule has 0 aliphatic carbocycles. The summed E-state index contributed by atoms with van der Waals surface area (Å²) in [6.07, 6.45) is 3.74. The molecule has 2 aromatic heterocycles. The Kier molecular flexibility index (Phi) is 4.58. The number of imidazole rings is 1. The quantitative estimate of drug-likeness (QED) is 0.834. The summed E-state index contributed by atoms with van der Waals surface area (Å²) in [5.74, 6) is -0.673. The molecule has 2 aromatic rings. The van der Waals surface area contributed by atoms with E-state index in [0.717, 1.165) is 10.4 Å². The molecular formula is C16H18N4O4S. The molecule has 0 atom stereocenters. The van der Waals surface area contributed by atoms with E-state index in [4.69, 9.17) is 4.74 Å². The van der Waals surface area contributed by atoms with Crippen LogP contribution in [0.3, 0.4) is 0 Å². The predicted octanol–water partition coefficient (Wildman–Crippen LogP) is 1.43. The van der Waals surface area contributed by atoms with Gasteiger partial charge < -0.3 is 19.5 Å². The van der Waals surface area contributed by atoms with E-state index in [1.54, 1.807) is 22.7 Å². The van der Waals surface area contributed by atoms with Crippen LogP contribution in [0.4, 0.5) is 5.00 Å². The minimum atomic E-state index is -0.496. The lowest BCUT2D eigenvalue weighted by atomic mass is 10.0. The van der Waals surface area contributed by atoms with Crippen LogP contribution in [0.15, 0.2) is 12.4 Å². The van der Waals surface area contributed by atoms with E-state index in [-0.39, 0.29) is 11.7 Å². The molecule has 9 heteroatoms. The second-order valence-electron chi connectivity index (χ2n) is 5.71. The summed E-state index contributed by atoms with van der Waals surface area (Å²) in [5.41, 5.74) is 1.21. The number of carbonyl (C=O) groups excluding carboxylic acids is 3. The van der Waals surface area contributed by atoms with E-state index < -0.39 is 11.9 Å². The number of ether oxygens (including phenoxy) is 1. The highest BCUT2D eigenvalue weighted by Crippen LogP contribution is 2.37. The van der Waals surface area contributed by atoms with Gasteiger partial charge in [0, 0.05) is 37.8 Å². The number of nitrogens with one attached hydrogen (secondary N) is 1. The molecule has 0 saturated heterocycles. The van der Waals surface area contributed by atoms with E-state index in [2.05, 4.69) is 10.3 Å². The smallest absolute Gasteiger partial charge is 0.341 e. The summed E-state index contributed by atoms with van der Waals surface area (Å²) in [6, 6.07) is 0. The highest BCUT2D eigenvalue weighted by Gasteiger charge is 2.30. The number of esters is 1. The number of amides is 2. The van der Waals surface area contributed by atoms with Crippen molar-refractivity contribution < 1.29 is 19.1 Å². The highest BCUT2D eigenvalue weighted by atomic mass is 32.1. The minimum Gasteiger partial charge on any atom is -0.465 e. The number of hydrogen-bond donors (Lipinski definition) is 1. The van der Waals surface area contributed by atoms with Gasteiger partial charge in [0.15, 0.2) is 5.82 Å². The molecule has 0 bridgehead atoms. The number of carbonyl (C=O) groups is 3. The molecule has 25 heavy (non-hydrogen) atoms. The summed E-state index contributed by atoms with van der Waals surface area (Å²) in [5, 5.41) is 3.19. The first-order valence-corrected chi connectivity index (χ1v) is 8.51. The fraction of sp³-hybridized carbons (Fsp3) is 0.375. The molecule has 0 unspecified atom stereocenters. The lowest BCUT2D eigenvalue weighted by Crippen LogP contribution is -2.33. The van der Waals surface area contributed by atoms with Crippen LogP contribution in [0, 0.1) is 0 Å². The molecule has 0 saturated carbocycles. The highest BCUT2D eigenvalue weighted by molar-refractivity contribution is 7.17. The lowest BCUT2D eigenvalue weighted by Gasteiger charge is -2.25. The topological polar surface area (TPSA) is 93.5 Å². The third kappa shape index (κ3) is 3.14. The van der Waals surface area contributed by atoms with Crippen molar-refractivity contribution in [3.63, 3.8) is 0 Å². The number of anilines is 1. The number of aromatic nitrogens is 2. The third-order valence-electron chi connectivity index (χ3n) is 4.14. The van der Waals surface area contributed by atoms with Gasteiger partial charge in [-0.1, -0.05) is 0 Å². The Bertz CT molecular complexity index is 854. The average molecular weight is 362 g/mol. The number of methoxy groups -OCH3 is 1. The zero-order chi connectivity index (χ0) is 18.1. The van der Waals surface area contributed by atoms with Gasteiger partial charge >= 0.3 is 5.97 Å². The fourth-order valence-corrected chi connectivity index (χ4v) is 4.07. The van der Waals surface area contributed by atoms with E-state index in [1.165, 1.54) is 31.6 Å². The number of rotatable bonds is 3. The molecule has 1 aliphatic heterocycles. The summed E-state index contributed by atoms with van der Waals surface area (Å²) < 4.78 is 6.48. The standard InChI is InChI=1S/C16H18N4O4S/c1-9(21)20-6-4-10-11(8-20)25-15(12(10)16(23)24-3)18-14(22)13-17-5-7-19(13)2/h5,7H,4,6,8H2,1-3H3,(H,18,22). The van der Waals surface area contributed by atoms with Gasteiger partial charge in [-0.15, -0.1) is 11.3 Å². The van der Waals surface area contributed by atoms with E-state index in [9.17, 15) is 14.4 Å². The molecular weight excluding hydrogens is 344 g/mol. The normalized spacial score (nSPS) is 13.3. The van der Waals surface area contributed by atoms with Crippen molar-refractivity contribution in [2.75, 3.05) is 19.0 Å². The van der Waals surface area contributed by atoms with Gasteiger partial charge in [-0.25, -0.2) is 9.78 Å². The predicted molar refractivity (Wildman–Crippen MR) is 91.6 cm³/mol. The van der Waals surface area contributed by atoms with Gasteiger partial charge in [-0.05, 0) is 12.0 Å². The number of fused-ring (bicyclic) bond motifs is 1. The first kappa shape index (κ1) is 17.2. The Morgan fingerprint density at radius 3 is 2.72 bits per heavy atom. The van der Waals surface area contributed by atoms with Crippen LogP contribution in [0.2, 0.25) is 0 Å². The Morgan fingerprint density at radius 1 is 1.36 bits per heavy atom. The Labute approximate surface area is 148 Å². The SMILES string of the molecule is COC(=O)c1c(NC(=O)c2nccn2C)sc2c1CCN(C(C)=O)C2. The van der Waals surface area contributed by atoms with Gasteiger partial charge in [-0.3, -0.25) is 9.59 Å². The molecule has 0 radical (unpaired) electrons. The monoisotopic (exact) mass is 362 g/mol. The average Bonchev–Trinajstić information content (AvgIpc) is 3.16. The largest absolute Gasteiger partial charge is 0.465 e. The second-order valence-corrected chi connectivity index (χ2v) is 6.81. The van der Waals surface area contributed by atoms with Gasteiger partial charge in [0.1, 0.15) is 5.00 Å². The number of thiophene rings is 1. The number of nitrogens with zero attached hydrogens (tertiary/aromatic N) is 3. The van der Waals surface area contributed by atoms with Gasteiger partial charge in [0.05, 0.1) is 19.2 Å². The summed E-state index contributed by atoms with van der Waals surface area (Å²) >= 11 is 1.29. The van der Waals surface area contributed by atoms with Crippen LogP contribution in [0.1, 0.15) is 38.3 Å². The Morgan fingerprint density at radius 2 is 2.12 bits per heavy atom. The van der Waals surface area contributed by atoms with Crippen molar-refractivity contribution in [3.8, 4) is 0 Å². The van der Waals surface area contributed by atoms with Crippen LogP contribution in [-0.2, 0) is 29.5 Å². The van der Waals surface area contributed by atoms with Crippen LogP contribution in [-0.4, -0.2) is 45.9 Å². The van der Waals surface area contributed by atoms with E-state index in [0.29, 0.717) is 30.1 Å². The van der Waals surface area contributed by atoms with E-state index in [1.807, 2.05) is 0 Å². The fourth-order valence-electron chi connectivity index (χ4n) is 2.82. The number of hydrogen-bond acceptors (Lipinski definition) is 6. The van der Waals surface area contributed by atoms with Gasteiger partial charge in [0.2, 0.25) is 5.91 Å². The van der Waals surface area contributed by atoms with Crippen molar-refractivity contribution in [3.05, 3.63) is 34.2 Å². The van der Waals surface area contributed by atoms with Crippen molar-refractivity contribution in [1.29, 1.82) is 0 Å². The molecule has 1 N–H and O–H groups in total. The van der Waals surface area contributed by atoms with Crippen molar-refractivity contribution in [2.45, 2.75) is 19.9 Å². The first-order valence-electron chi connectivity index (χ1n) is 7.69. The first-order chi connectivity index (χ1) is 11.9. The molecule has 2 amide bonds. The molecule has 3 rings (SSSR count). The van der Waals surface area contributed by atoms with Crippen LogP contribution in [0.25, 0.3) is 0 Å². The maximum atomic E-state index is 12.4. The van der Waals surface area contributed by atoms with Crippen LogP contribution < -0.4 is 5.32 Å². The van der Waals surface area contributed by atoms with Crippen molar-refractivity contribution in [1.82, 2.24) is 14.5 Å². The summed E-state index contributed by atoms with van der Waals surface area (Å²) in [7, 11) is 3.02. The minimum absolute atomic E-state index is 0.0164. The molecule has 0 aromatic carbocycles. The Hall–Kier alpha value is -2.68. The zero-order valence-corrected chi connectivity index (χ0v) is 15.0. The molecule has 3 heterocycles. The summed E-state index contributed by atoms with van der Waals surface area (Å²) in [6.45, 7) is 2.48. The van der Waals surface area contributed by atoms with Gasteiger partial charge in [0.25, 0.3) is 5.91 Å².